The van der Waals surface area contributed by atoms with E-state index in [0.717, 1.165) is 11.3 Å². The molecule has 3 fully saturated rings. The standard InChI is InChI=1S/C36H52N6O8S3/c1-33(2,3)24(21-41(9)53(49,50)25-16-13-19-51-25)37-32(46)38-28(34(4,5)6)30(44)42-20-23-26(35(23,7)8)27(42)29(43)39-36(17-18-36)31(45)40-52(47,48)22-14-11-10-12-15-22/h10-16,19,23-24,26-28H,17-18,20-21H2,1-9H3,(H,39,43)(H,40,45)(H2,37,38,46)/t23-,24+,26-,27-,28+/m0/s1. The van der Waals surface area contributed by atoms with Gasteiger partial charge in [-0.1, -0.05) is 79.7 Å². The number of piperidine rings is 1. The van der Waals surface area contributed by atoms with Crippen LogP contribution in [0.2, 0.25) is 0 Å². The first-order valence-corrected chi connectivity index (χ1v) is 21.4. The molecule has 2 heterocycles. The summed E-state index contributed by atoms with van der Waals surface area (Å²) in [5.74, 6) is -2.07. The molecule has 0 spiro atoms. The van der Waals surface area contributed by atoms with Crippen LogP contribution in [0.4, 0.5) is 4.79 Å². The number of benzene rings is 1. The quantitative estimate of drug-likeness (QED) is 0.252. The van der Waals surface area contributed by atoms with Gasteiger partial charge in [-0.05, 0) is 64.5 Å². The fourth-order valence-corrected chi connectivity index (χ4v) is 10.6. The molecule has 0 radical (unpaired) electrons. The third-order valence-corrected chi connectivity index (χ3v) is 15.5. The highest BCUT2D eigenvalue weighted by Gasteiger charge is 2.70. The van der Waals surface area contributed by atoms with Crippen molar-refractivity contribution in [1.82, 2.24) is 29.9 Å². The molecule has 1 aliphatic heterocycles. The van der Waals surface area contributed by atoms with Crippen LogP contribution in [-0.2, 0) is 34.4 Å². The summed E-state index contributed by atoms with van der Waals surface area (Å²) in [5, 5.41) is 10.2. The normalized spacial score (nSPS) is 23.0. The van der Waals surface area contributed by atoms with Gasteiger partial charge in [-0.15, -0.1) is 11.3 Å². The van der Waals surface area contributed by atoms with Crippen molar-refractivity contribution in [2.24, 2.45) is 28.1 Å². The maximum atomic E-state index is 14.5. The van der Waals surface area contributed by atoms with Gasteiger partial charge < -0.3 is 20.9 Å². The van der Waals surface area contributed by atoms with E-state index < -0.39 is 78.3 Å². The first kappa shape index (κ1) is 40.6. The van der Waals surface area contributed by atoms with Crippen LogP contribution in [0.3, 0.4) is 0 Å². The average molecular weight is 793 g/mol. The number of rotatable bonds is 12. The van der Waals surface area contributed by atoms with E-state index in [2.05, 4.69) is 20.7 Å². The molecular formula is C36H52N6O8S3. The molecule has 1 aromatic heterocycles. The first-order chi connectivity index (χ1) is 24.3. The molecule has 3 aliphatic rings. The first-order valence-electron chi connectivity index (χ1n) is 17.6. The lowest BCUT2D eigenvalue weighted by atomic mass is 9.85. The van der Waals surface area contributed by atoms with Crippen molar-refractivity contribution in [3.05, 3.63) is 47.8 Å². The van der Waals surface area contributed by atoms with Gasteiger partial charge in [0.1, 0.15) is 21.8 Å². The Morgan fingerprint density at radius 3 is 2.08 bits per heavy atom. The van der Waals surface area contributed by atoms with E-state index in [4.69, 9.17) is 0 Å². The van der Waals surface area contributed by atoms with Crippen molar-refractivity contribution < 1.29 is 36.0 Å². The van der Waals surface area contributed by atoms with Gasteiger partial charge >= 0.3 is 6.03 Å². The maximum absolute atomic E-state index is 14.5. The fraction of sp³-hybridized carbons (Fsp3) is 0.611. The molecule has 0 unspecified atom stereocenters. The third kappa shape index (κ3) is 8.27. The highest BCUT2D eigenvalue weighted by Crippen LogP contribution is 2.65. The van der Waals surface area contributed by atoms with Crippen LogP contribution >= 0.6 is 11.3 Å². The van der Waals surface area contributed by atoms with Crippen LogP contribution in [0.5, 0.6) is 0 Å². The van der Waals surface area contributed by atoms with E-state index in [1.165, 1.54) is 46.6 Å². The zero-order valence-corrected chi connectivity index (χ0v) is 34.2. The number of hydrogen-bond donors (Lipinski definition) is 4. The van der Waals surface area contributed by atoms with Crippen molar-refractivity contribution in [2.45, 2.75) is 101 Å². The molecule has 14 nitrogen and oxygen atoms in total. The number of carbonyl (C=O) groups is 4. The summed E-state index contributed by atoms with van der Waals surface area (Å²) < 4.78 is 55.6. The lowest BCUT2D eigenvalue weighted by Gasteiger charge is -2.39. The number of sulfonamides is 2. The minimum Gasteiger partial charge on any atom is -0.340 e. The predicted molar refractivity (Wildman–Crippen MR) is 200 cm³/mol. The second-order valence-electron chi connectivity index (χ2n) is 17.3. The van der Waals surface area contributed by atoms with Gasteiger partial charge in [-0.3, -0.25) is 14.4 Å². The van der Waals surface area contributed by atoms with Gasteiger partial charge in [0.2, 0.25) is 11.8 Å². The summed E-state index contributed by atoms with van der Waals surface area (Å²) in [7, 11) is -6.51. The molecule has 1 aromatic carbocycles. The average Bonchev–Trinajstić information content (AvgIpc) is 3.68. The van der Waals surface area contributed by atoms with Gasteiger partial charge in [0.15, 0.2) is 0 Å². The molecule has 5 atom stereocenters. The number of thiophene rings is 1. The number of urea groups is 1. The Hall–Kier alpha value is -3.54. The van der Waals surface area contributed by atoms with Gasteiger partial charge in [0.25, 0.3) is 26.0 Å². The minimum absolute atomic E-state index is 0.00480. The lowest BCUT2D eigenvalue weighted by Crippen LogP contribution is -2.63. The zero-order chi connectivity index (χ0) is 39.5. The maximum Gasteiger partial charge on any atom is 0.315 e. The van der Waals surface area contributed by atoms with E-state index in [9.17, 15) is 36.0 Å². The largest absolute Gasteiger partial charge is 0.340 e. The fourth-order valence-electron chi connectivity index (χ4n) is 7.14. The number of nitrogens with one attached hydrogen (secondary N) is 4. The number of likely N-dealkylation sites (N-methyl/N-ethyl adjacent to an activating group) is 1. The Bertz CT molecular complexity index is 1950. The molecule has 1 saturated heterocycles. The summed E-state index contributed by atoms with van der Waals surface area (Å²) in [6.07, 6.45) is 0.469. The molecule has 2 aliphatic carbocycles. The SMILES string of the molecule is CN(C[C@@H](NC(=O)N[C@H](C(=O)N1C[C@H]2[C@@H]([C@H]1C(=O)NC1(C(=O)NS(=O)(=O)c3ccccc3)CC1)C2(C)C)C(C)(C)C)C(C)(C)C)S(=O)(=O)c1cccs1. The monoisotopic (exact) mass is 792 g/mol. The summed E-state index contributed by atoms with van der Waals surface area (Å²) in [4.78, 5) is 57.0. The molecule has 0 bridgehead atoms. The second-order valence-corrected chi connectivity index (χ2v) is 22.2. The van der Waals surface area contributed by atoms with Gasteiger partial charge in [0, 0.05) is 26.2 Å². The van der Waals surface area contributed by atoms with Crippen LogP contribution in [0.1, 0.15) is 68.2 Å². The van der Waals surface area contributed by atoms with Gasteiger partial charge in [0.05, 0.1) is 4.90 Å². The van der Waals surface area contributed by atoms with E-state index in [-0.39, 0.29) is 52.3 Å². The number of nitrogens with zero attached hydrogens (tertiary/aromatic N) is 2. The lowest BCUT2D eigenvalue weighted by molar-refractivity contribution is -0.144. The van der Waals surface area contributed by atoms with Crippen LogP contribution in [0.15, 0.2) is 56.9 Å². The zero-order valence-electron chi connectivity index (χ0n) is 31.7. The van der Waals surface area contributed by atoms with Crippen molar-refractivity contribution in [3.63, 3.8) is 0 Å². The van der Waals surface area contributed by atoms with Gasteiger partial charge in [-0.2, -0.15) is 4.31 Å². The number of carbonyl (C=O) groups excluding carboxylic acids is 4. The molecule has 4 N–H and O–H groups in total. The van der Waals surface area contributed by atoms with Crippen LogP contribution in [0.25, 0.3) is 0 Å². The van der Waals surface area contributed by atoms with E-state index in [0.29, 0.717) is 0 Å². The Kier molecular flexibility index (Phi) is 10.7. The topological polar surface area (TPSA) is 191 Å². The summed E-state index contributed by atoms with van der Waals surface area (Å²) in [6.45, 7) is 15.3. The minimum atomic E-state index is -4.18. The summed E-state index contributed by atoms with van der Waals surface area (Å²) in [5.41, 5.74) is -3.07. The van der Waals surface area contributed by atoms with Crippen molar-refractivity contribution in [3.8, 4) is 0 Å². The number of amides is 5. The Labute approximate surface area is 316 Å². The molecule has 2 aromatic rings. The third-order valence-electron chi connectivity index (χ3n) is 10.9. The van der Waals surface area contributed by atoms with E-state index in [1.54, 1.807) is 38.3 Å². The summed E-state index contributed by atoms with van der Waals surface area (Å²) >= 11 is 1.10. The predicted octanol–water partition coefficient (Wildman–Crippen LogP) is 3.13. The van der Waals surface area contributed by atoms with Crippen LogP contribution < -0.4 is 20.7 Å². The second kappa shape index (κ2) is 13.9. The van der Waals surface area contributed by atoms with E-state index >= 15 is 0 Å². The Morgan fingerprint density at radius 2 is 1.55 bits per heavy atom. The number of fused-ring (bicyclic) bond motifs is 1. The highest BCUT2D eigenvalue weighted by molar-refractivity contribution is 7.91. The Balaban J connectivity index is 1.31. The molecular weight excluding hydrogens is 741 g/mol. The smallest absolute Gasteiger partial charge is 0.315 e. The number of likely N-dealkylation sites (tertiary alicyclic amines) is 1. The molecule has 292 valence electrons. The molecule has 2 saturated carbocycles. The Morgan fingerprint density at radius 1 is 0.925 bits per heavy atom. The molecule has 53 heavy (non-hydrogen) atoms. The summed E-state index contributed by atoms with van der Waals surface area (Å²) in [6, 6.07) is 7.29. The molecule has 5 rings (SSSR count). The van der Waals surface area contributed by atoms with E-state index in [1.807, 2.05) is 34.6 Å². The van der Waals surface area contributed by atoms with Crippen molar-refractivity contribution >= 4 is 55.1 Å². The number of hydrogen-bond acceptors (Lipinski definition) is 9. The molecule has 17 heteroatoms. The molecule has 5 amide bonds. The highest BCUT2D eigenvalue weighted by atomic mass is 32.2. The van der Waals surface area contributed by atoms with Crippen LogP contribution in [-0.4, -0.2) is 93.6 Å². The van der Waals surface area contributed by atoms with Crippen molar-refractivity contribution in [2.75, 3.05) is 20.1 Å². The van der Waals surface area contributed by atoms with Crippen LogP contribution in [0, 0.1) is 28.1 Å². The van der Waals surface area contributed by atoms with Gasteiger partial charge in [-0.25, -0.2) is 26.4 Å². The van der Waals surface area contributed by atoms with Crippen molar-refractivity contribution in [1.29, 1.82) is 0 Å².